The van der Waals surface area contributed by atoms with Gasteiger partial charge >= 0.3 is 0 Å². The van der Waals surface area contributed by atoms with E-state index >= 15 is 0 Å². The number of aromatic nitrogens is 2. The Morgan fingerprint density at radius 2 is 1.14 bits per heavy atom. The molecule has 0 aliphatic heterocycles. The van der Waals surface area contributed by atoms with E-state index in [1.165, 1.54) is 11.4 Å². The summed E-state index contributed by atoms with van der Waals surface area (Å²) in [5.74, 6) is 0. The molecule has 1 aromatic heterocycles. The molecule has 0 amide bonds. The summed E-state index contributed by atoms with van der Waals surface area (Å²) in [7, 11) is 0. The van der Waals surface area contributed by atoms with E-state index in [1.807, 2.05) is 12.1 Å². The van der Waals surface area contributed by atoms with Gasteiger partial charge in [-0.2, -0.15) is 0 Å². The second-order valence-electron chi connectivity index (χ2n) is 6.66. The second kappa shape index (κ2) is 4.77. The summed E-state index contributed by atoms with van der Waals surface area (Å²) in [4.78, 5) is 10.1. The summed E-state index contributed by atoms with van der Waals surface area (Å²) in [5, 5.41) is 0. The minimum Gasteiger partial charge on any atom is -0.248 e. The minimum absolute atomic E-state index is 0.0450. The zero-order chi connectivity index (χ0) is 15.2. The number of rotatable bonds is 4. The molecule has 2 nitrogen and oxygen atoms in total. The topological polar surface area (TPSA) is 25.8 Å². The molecule has 5 rings (SSSR count). The van der Waals surface area contributed by atoms with E-state index < -0.39 is 0 Å². The van der Waals surface area contributed by atoms with Crippen LogP contribution < -0.4 is 0 Å². The van der Waals surface area contributed by atoms with Crippen LogP contribution >= 0.6 is 0 Å². The van der Waals surface area contributed by atoms with Gasteiger partial charge in [0.25, 0.3) is 0 Å². The maximum atomic E-state index is 5.05. The maximum absolute atomic E-state index is 5.05. The first-order valence-corrected chi connectivity index (χ1v) is 8.41. The van der Waals surface area contributed by atoms with Crippen molar-refractivity contribution in [3.05, 3.63) is 60.0 Å². The van der Waals surface area contributed by atoms with Crippen molar-refractivity contribution >= 4 is 11.0 Å². The molecule has 2 bridgehead atoms. The van der Waals surface area contributed by atoms with Gasteiger partial charge in [0.15, 0.2) is 0 Å². The molecular formula is C20H22N2. The zero-order valence-electron chi connectivity index (χ0n) is 13.3. The van der Waals surface area contributed by atoms with Crippen LogP contribution in [-0.4, -0.2) is 9.97 Å². The van der Waals surface area contributed by atoms with Crippen molar-refractivity contribution in [3.8, 4) is 0 Å². The summed E-state index contributed by atoms with van der Waals surface area (Å²) < 4.78 is 0. The van der Waals surface area contributed by atoms with Crippen molar-refractivity contribution in [1.29, 1.82) is 0 Å². The molecule has 0 unspecified atom stereocenters. The Hall–Kier alpha value is -1.96. The van der Waals surface area contributed by atoms with Gasteiger partial charge in [0, 0.05) is 0 Å². The lowest BCUT2D eigenvalue weighted by Gasteiger charge is -2.44. The third-order valence-corrected chi connectivity index (χ3v) is 5.14. The maximum Gasteiger partial charge on any atom is 0.0890 e. The monoisotopic (exact) mass is 290 g/mol. The van der Waals surface area contributed by atoms with E-state index in [9.17, 15) is 0 Å². The molecule has 112 valence electrons. The standard InChI is InChI=1S/C20H22N2/c1-3-9-19-11-13-20(10-4-2,14-12-19)18-17(19)21-15-7-5-6-8-16(15)22-18/h5-8,11-14H,3-4,9-10H2,1-2H3. The van der Waals surface area contributed by atoms with Crippen LogP contribution in [0.4, 0.5) is 0 Å². The van der Waals surface area contributed by atoms with Gasteiger partial charge in [-0.25, -0.2) is 9.97 Å². The molecule has 1 heterocycles. The molecule has 0 spiro atoms. The summed E-state index contributed by atoms with van der Waals surface area (Å²) in [5.41, 5.74) is 4.31. The smallest absolute Gasteiger partial charge is 0.0890 e. The fourth-order valence-corrected chi connectivity index (χ4v) is 4.07. The summed E-state index contributed by atoms with van der Waals surface area (Å²) in [6.07, 6.45) is 14.0. The highest BCUT2D eigenvalue weighted by Crippen LogP contribution is 2.50. The van der Waals surface area contributed by atoms with Crippen LogP contribution in [0.2, 0.25) is 0 Å². The molecule has 1 aromatic carbocycles. The molecule has 0 radical (unpaired) electrons. The van der Waals surface area contributed by atoms with Crippen LogP contribution in [0.15, 0.2) is 48.6 Å². The quantitative estimate of drug-likeness (QED) is 0.753. The largest absolute Gasteiger partial charge is 0.248 e. The molecule has 2 aromatic rings. The number of para-hydroxylation sites is 2. The van der Waals surface area contributed by atoms with Crippen molar-refractivity contribution in [1.82, 2.24) is 9.97 Å². The lowest BCUT2D eigenvalue weighted by Crippen LogP contribution is -2.41. The predicted octanol–water partition coefficient (Wildman–Crippen LogP) is 4.85. The first-order valence-electron chi connectivity index (χ1n) is 8.41. The van der Waals surface area contributed by atoms with Crippen molar-refractivity contribution in [2.75, 3.05) is 0 Å². The Balaban J connectivity index is 2.01. The first kappa shape index (κ1) is 13.7. The normalized spacial score (nSPS) is 28.3. The molecule has 0 saturated heterocycles. The molecule has 0 fully saturated rings. The number of hydrogen-bond acceptors (Lipinski definition) is 2. The van der Waals surface area contributed by atoms with Crippen molar-refractivity contribution in [3.63, 3.8) is 0 Å². The summed E-state index contributed by atoms with van der Waals surface area (Å²) in [6, 6.07) is 8.24. The van der Waals surface area contributed by atoms with Gasteiger partial charge in [-0.1, -0.05) is 63.1 Å². The zero-order valence-corrected chi connectivity index (χ0v) is 13.3. The van der Waals surface area contributed by atoms with Crippen LogP contribution in [0, 0.1) is 0 Å². The van der Waals surface area contributed by atoms with Crippen molar-refractivity contribution in [2.24, 2.45) is 0 Å². The minimum atomic E-state index is -0.0450. The molecule has 3 aliphatic rings. The molecule has 0 saturated carbocycles. The van der Waals surface area contributed by atoms with Gasteiger partial charge in [-0.15, -0.1) is 0 Å². The fraction of sp³-hybridized carbons (Fsp3) is 0.400. The lowest BCUT2D eigenvalue weighted by atomic mass is 9.61. The molecule has 0 N–H and O–H groups in total. The Bertz CT molecular complexity index is 707. The first-order chi connectivity index (χ1) is 10.7. The average Bonchev–Trinajstić information content (AvgIpc) is 2.56. The van der Waals surface area contributed by atoms with Crippen LogP contribution in [0.25, 0.3) is 11.0 Å². The van der Waals surface area contributed by atoms with Crippen LogP contribution in [0.1, 0.15) is 50.9 Å². The third-order valence-electron chi connectivity index (χ3n) is 5.14. The average molecular weight is 290 g/mol. The van der Waals surface area contributed by atoms with Crippen LogP contribution in [0.5, 0.6) is 0 Å². The Kier molecular flexibility index (Phi) is 2.97. The van der Waals surface area contributed by atoms with E-state index in [4.69, 9.17) is 9.97 Å². The summed E-state index contributed by atoms with van der Waals surface area (Å²) in [6.45, 7) is 4.49. The Morgan fingerprint density at radius 1 is 0.727 bits per heavy atom. The highest BCUT2D eigenvalue weighted by Gasteiger charge is 2.46. The SMILES string of the molecule is CCCC12C=CC(CCC)(C=C1)c1nc3ccccc3nc12. The van der Waals surface area contributed by atoms with Gasteiger partial charge < -0.3 is 0 Å². The van der Waals surface area contributed by atoms with E-state index in [-0.39, 0.29) is 10.8 Å². The highest BCUT2D eigenvalue weighted by molar-refractivity contribution is 5.76. The number of hydrogen-bond donors (Lipinski definition) is 0. The number of fused-ring (bicyclic) bond motifs is 1. The molecule has 22 heavy (non-hydrogen) atoms. The Morgan fingerprint density at radius 3 is 1.50 bits per heavy atom. The third kappa shape index (κ3) is 1.73. The van der Waals surface area contributed by atoms with E-state index in [0.29, 0.717) is 0 Å². The van der Waals surface area contributed by atoms with Crippen LogP contribution in [-0.2, 0) is 10.8 Å². The van der Waals surface area contributed by atoms with E-state index in [1.54, 1.807) is 0 Å². The number of allylic oxidation sites excluding steroid dienone is 4. The highest BCUT2D eigenvalue weighted by atomic mass is 14.9. The lowest BCUT2D eigenvalue weighted by molar-refractivity contribution is 0.457. The van der Waals surface area contributed by atoms with Gasteiger partial charge in [0.1, 0.15) is 0 Å². The van der Waals surface area contributed by atoms with Gasteiger partial charge in [0.2, 0.25) is 0 Å². The molecule has 0 atom stereocenters. The molecule has 3 aliphatic carbocycles. The van der Waals surface area contributed by atoms with E-state index in [2.05, 4.69) is 50.3 Å². The summed E-state index contributed by atoms with van der Waals surface area (Å²) >= 11 is 0. The Labute approximate surface area is 132 Å². The number of nitrogens with zero attached hydrogens (tertiary/aromatic N) is 2. The predicted molar refractivity (Wildman–Crippen MR) is 91.0 cm³/mol. The van der Waals surface area contributed by atoms with Gasteiger partial charge in [0.05, 0.1) is 33.3 Å². The van der Waals surface area contributed by atoms with Crippen LogP contribution in [0.3, 0.4) is 0 Å². The second-order valence-corrected chi connectivity index (χ2v) is 6.66. The van der Waals surface area contributed by atoms with Crippen molar-refractivity contribution < 1.29 is 0 Å². The fourth-order valence-electron chi connectivity index (χ4n) is 4.07. The van der Waals surface area contributed by atoms with Gasteiger partial charge in [-0.05, 0) is 25.0 Å². The van der Waals surface area contributed by atoms with Crippen molar-refractivity contribution in [2.45, 2.75) is 50.4 Å². The number of benzene rings is 1. The van der Waals surface area contributed by atoms with E-state index in [0.717, 1.165) is 36.7 Å². The molecular weight excluding hydrogens is 268 g/mol. The molecule has 2 heteroatoms. The van der Waals surface area contributed by atoms with Gasteiger partial charge in [-0.3, -0.25) is 0 Å².